The third-order valence-corrected chi connectivity index (χ3v) is 2.17. The van der Waals surface area contributed by atoms with E-state index in [1.807, 2.05) is 18.2 Å². The highest BCUT2D eigenvalue weighted by molar-refractivity contribution is 5.44. The van der Waals surface area contributed by atoms with Gasteiger partial charge < -0.3 is 15.2 Å². The number of fused-ring (bicyclic) bond motifs is 1. The van der Waals surface area contributed by atoms with Crippen molar-refractivity contribution in [3.8, 4) is 11.5 Å². The van der Waals surface area contributed by atoms with Crippen molar-refractivity contribution in [2.45, 2.75) is 6.04 Å². The summed E-state index contributed by atoms with van der Waals surface area (Å²) in [7, 11) is 0. The smallest absolute Gasteiger partial charge is 0.127 e. The Kier molecular flexibility index (Phi) is 2.41. The van der Waals surface area contributed by atoms with Gasteiger partial charge in [0.1, 0.15) is 24.7 Å². The minimum atomic E-state index is -0.00143. The van der Waals surface area contributed by atoms with E-state index in [9.17, 15) is 0 Å². The van der Waals surface area contributed by atoms with Gasteiger partial charge in [0.2, 0.25) is 0 Å². The van der Waals surface area contributed by atoms with Crippen LogP contribution < -0.4 is 15.2 Å². The zero-order valence-electron chi connectivity index (χ0n) is 7.90. The summed E-state index contributed by atoms with van der Waals surface area (Å²) in [5.41, 5.74) is 6.87. The van der Waals surface area contributed by atoms with Gasteiger partial charge in [-0.05, 0) is 12.1 Å². The summed E-state index contributed by atoms with van der Waals surface area (Å²) >= 11 is 0. The lowest BCUT2D eigenvalue weighted by molar-refractivity contribution is 0.328. The molecule has 1 aromatic rings. The van der Waals surface area contributed by atoms with Gasteiger partial charge in [-0.3, -0.25) is 0 Å². The molecule has 0 saturated heterocycles. The average Bonchev–Trinajstić information content (AvgIpc) is 2.57. The molecule has 0 fully saturated rings. The Balaban J connectivity index is 2.19. The van der Waals surface area contributed by atoms with Crippen LogP contribution in [0.2, 0.25) is 0 Å². The Morgan fingerprint density at radius 3 is 3.29 bits per heavy atom. The first kappa shape index (κ1) is 9.09. The van der Waals surface area contributed by atoms with Crippen LogP contribution in [0.3, 0.4) is 0 Å². The van der Waals surface area contributed by atoms with Gasteiger partial charge in [-0.1, -0.05) is 12.7 Å². The Bertz CT molecular complexity index is 349. The summed E-state index contributed by atoms with van der Waals surface area (Å²) < 4.78 is 10.8. The van der Waals surface area contributed by atoms with Gasteiger partial charge in [0.25, 0.3) is 0 Å². The molecule has 1 aromatic carbocycles. The van der Waals surface area contributed by atoms with Crippen LogP contribution in [0.1, 0.15) is 11.6 Å². The highest BCUT2D eigenvalue weighted by atomic mass is 16.5. The molecule has 2 N–H and O–H groups in total. The first-order valence-corrected chi connectivity index (χ1v) is 4.57. The van der Waals surface area contributed by atoms with Crippen molar-refractivity contribution in [1.82, 2.24) is 0 Å². The Hall–Kier alpha value is -1.48. The fourth-order valence-corrected chi connectivity index (χ4v) is 1.46. The second-order valence-corrected chi connectivity index (χ2v) is 3.22. The van der Waals surface area contributed by atoms with Crippen molar-refractivity contribution < 1.29 is 9.47 Å². The first-order chi connectivity index (χ1) is 6.81. The van der Waals surface area contributed by atoms with E-state index in [2.05, 4.69) is 6.58 Å². The molecular formula is C11H13NO2. The van der Waals surface area contributed by atoms with Gasteiger partial charge >= 0.3 is 0 Å². The third-order valence-electron chi connectivity index (χ3n) is 2.17. The molecule has 0 aliphatic carbocycles. The summed E-state index contributed by atoms with van der Waals surface area (Å²) in [6.45, 7) is 4.64. The van der Waals surface area contributed by atoms with Crippen LogP contribution in [0.15, 0.2) is 30.9 Å². The Labute approximate surface area is 83.1 Å². The molecule has 0 amide bonds. The highest BCUT2D eigenvalue weighted by Crippen LogP contribution is 2.33. The molecule has 0 aromatic heterocycles. The third kappa shape index (κ3) is 1.59. The van der Waals surface area contributed by atoms with Crippen molar-refractivity contribution >= 4 is 0 Å². The van der Waals surface area contributed by atoms with Gasteiger partial charge in [0.15, 0.2) is 0 Å². The SMILES string of the molecule is C=CCOc1ccc2c(c1)OCC2N. The monoisotopic (exact) mass is 191 g/mol. The molecule has 3 heteroatoms. The van der Waals surface area contributed by atoms with Crippen LogP contribution >= 0.6 is 0 Å². The van der Waals surface area contributed by atoms with Gasteiger partial charge in [0.05, 0.1) is 6.04 Å². The van der Waals surface area contributed by atoms with Crippen LogP contribution in [-0.2, 0) is 0 Å². The van der Waals surface area contributed by atoms with Crippen molar-refractivity contribution in [2.75, 3.05) is 13.2 Å². The van der Waals surface area contributed by atoms with Crippen LogP contribution in [0.25, 0.3) is 0 Å². The second-order valence-electron chi connectivity index (χ2n) is 3.22. The molecule has 1 aliphatic heterocycles. The molecule has 0 radical (unpaired) electrons. The fourth-order valence-electron chi connectivity index (χ4n) is 1.46. The average molecular weight is 191 g/mol. The van der Waals surface area contributed by atoms with E-state index in [1.165, 1.54) is 0 Å². The summed E-state index contributed by atoms with van der Waals surface area (Å²) in [5.74, 6) is 1.62. The Morgan fingerprint density at radius 1 is 1.64 bits per heavy atom. The largest absolute Gasteiger partial charge is 0.491 e. The number of hydrogen-bond acceptors (Lipinski definition) is 3. The molecule has 14 heavy (non-hydrogen) atoms. The standard InChI is InChI=1S/C11H13NO2/c1-2-5-13-8-3-4-9-10(12)7-14-11(9)6-8/h2-4,6,10H,1,5,7,12H2. The van der Waals surface area contributed by atoms with Crippen LogP contribution in [0.5, 0.6) is 11.5 Å². The molecule has 0 spiro atoms. The summed E-state index contributed by atoms with van der Waals surface area (Å²) in [6, 6.07) is 5.71. The minimum Gasteiger partial charge on any atom is -0.491 e. The lowest BCUT2D eigenvalue weighted by atomic mass is 10.1. The lowest BCUT2D eigenvalue weighted by Crippen LogP contribution is -2.10. The molecule has 1 aliphatic rings. The van der Waals surface area contributed by atoms with E-state index in [0.717, 1.165) is 17.1 Å². The van der Waals surface area contributed by atoms with E-state index >= 15 is 0 Å². The minimum absolute atomic E-state index is 0.00143. The van der Waals surface area contributed by atoms with Gasteiger partial charge in [-0.25, -0.2) is 0 Å². The normalized spacial score (nSPS) is 18.5. The molecule has 0 saturated carbocycles. The number of ether oxygens (including phenoxy) is 2. The quantitative estimate of drug-likeness (QED) is 0.739. The maximum Gasteiger partial charge on any atom is 0.127 e. The second kappa shape index (κ2) is 3.72. The van der Waals surface area contributed by atoms with Gasteiger partial charge in [0, 0.05) is 11.6 Å². The van der Waals surface area contributed by atoms with E-state index < -0.39 is 0 Å². The zero-order valence-corrected chi connectivity index (χ0v) is 7.90. The van der Waals surface area contributed by atoms with Crippen molar-refractivity contribution in [3.63, 3.8) is 0 Å². The predicted octanol–water partition coefficient (Wildman–Crippen LogP) is 1.64. The van der Waals surface area contributed by atoms with E-state index in [4.69, 9.17) is 15.2 Å². The van der Waals surface area contributed by atoms with Crippen LogP contribution in [0.4, 0.5) is 0 Å². The molecule has 74 valence electrons. The molecule has 2 rings (SSSR count). The van der Waals surface area contributed by atoms with E-state index in [0.29, 0.717) is 13.2 Å². The number of nitrogens with two attached hydrogens (primary N) is 1. The highest BCUT2D eigenvalue weighted by Gasteiger charge is 2.20. The first-order valence-electron chi connectivity index (χ1n) is 4.57. The zero-order chi connectivity index (χ0) is 9.97. The summed E-state index contributed by atoms with van der Waals surface area (Å²) in [4.78, 5) is 0. The maximum atomic E-state index is 5.81. The molecule has 1 atom stereocenters. The fraction of sp³-hybridized carbons (Fsp3) is 0.273. The van der Waals surface area contributed by atoms with Crippen LogP contribution in [-0.4, -0.2) is 13.2 Å². The van der Waals surface area contributed by atoms with Gasteiger partial charge in [-0.2, -0.15) is 0 Å². The van der Waals surface area contributed by atoms with E-state index in [-0.39, 0.29) is 6.04 Å². The lowest BCUT2D eigenvalue weighted by Gasteiger charge is -2.05. The van der Waals surface area contributed by atoms with Gasteiger partial charge in [-0.15, -0.1) is 0 Å². The molecule has 1 heterocycles. The molecular weight excluding hydrogens is 178 g/mol. The summed E-state index contributed by atoms with van der Waals surface area (Å²) in [5, 5.41) is 0. The van der Waals surface area contributed by atoms with Crippen LogP contribution in [0, 0.1) is 0 Å². The molecule has 1 unspecified atom stereocenters. The molecule has 0 bridgehead atoms. The Morgan fingerprint density at radius 2 is 2.50 bits per heavy atom. The maximum absolute atomic E-state index is 5.81. The number of rotatable bonds is 3. The number of hydrogen-bond donors (Lipinski definition) is 1. The van der Waals surface area contributed by atoms with Crippen molar-refractivity contribution in [3.05, 3.63) is 36.4 Å². The van der Waals surface area contributed by atoms with Crippen molar-refractivity contribution in [1.29, 1.82) is 0 Å². The van der Waals surface area contributed by atoms with E-state index in [1.54, 1.807) is 6.08 Å². The topological polar surface area (TPSA) is 44.5 Å². The predicted molar refractivity (Wildman–Crippen MR) is 54.6 cm³/mol. The number of benzene rings is 1. The summed E-state index contributed by atoms with van der Waals surface area (Å²) in [6.07, 6.45) is 1.71. The molecule has 3 nitrogen and oxygen atoms in total. The van der Waals surface area contributed by atoms with Crippen molar-refractivity contribution in [2.24, 2.45) is 5.73 Å².